The maximum atomic E-state index is 12.7. The van der Waals surface area contributed by atoms with Crippen LogP contribution < -0.4 is 0 Å². The molecule has 0 aromatic heterocycles. The Morgan fingerprint density at radius 2 is 1.75 bits per heavy atom. The number of hydrogen-bond donors (Lipinski definition) is 0. The van der Waals surface area contributed by atoms with Crippen molar-refractivity contribution < 1.29 is 9.53 Å². The van der Waals surface area contributed by atoms with Gasteiger partial charge in [-0.3, -0.25) is 4.90 Å². The van der Waals surface area contributed by atoms with Gasteiger partial charge in [0.2, 0.25) is 0 Å². The largest absolute Gasteiger partial charge is 0.444 e. The van der Waals surface area contributed by atoms with Gasteiger partial charge in [-0.1, -0.05) is 54.1 Å². The standard InChI is InChI=1S/C23H29ClN2O2/c1-23(2,3)28-22(27)25(4)21-16-26(14-17-8-6-5-7-9-17)15-20(21)18-10-12-19(24)13-11-18/h5-13,20-21H,14-16H2,1-4H3/t20-,21+/m0/s1. The summed E-state index contributed by atoms with van der Waals surface area (Å²) in [6.45, 7) is 8.24. The number of likely N-dealkylation sites (N-methyl/N-ethyl adjacent to an activating group) is 1. The third-order valence-electron chi connectivity index (χ3n) is 5.09. The molecule has 1 amide bonds. The fourth-order valence-electron chi connectivity index (χ4n) is 3.74. The lowest BCUT2D eigenvalue weighted by molar-refractivity contribution is 0.0217. The molecule has 0 bridgehead atoms. The SMILES string of the molecule is CN(C(=O)OC(C)(C)C)[C@@H]1CN(Cc2ccccc2)C[C@H]1c1ccc(Cl)cc1. The number of amides is 1. The summed E-state index contributed by atoms with van der Waals surface area (Å²) in [7, 11) is 1.84. The zero-order valence-electron chi connectivity index (χ0n) is 17.1. The van der Waals surface area contributed by atoms with Crippen molar-refractivity contribution >= 4 is 17.7 Å². The highest BCUT2D eigenvalue weighted by atomic mass is 35.5. The van der Waals surface area contributed by atoms with Crippen LogP contribution in [-0.2, 0) is 11.3 Å². The fraction of sp³-hybridized carbons (Fsp3) is 0.435. The molecule has 2 aromatic rings. The molecule has 3 rings (SSSR count). The molecule has 0 saturated carbocycles. The average Bonchev–Trinajstić information content (AvgIpc) is 3.04. The molecule has 0 aliphatic carbocycles. The molecule has 4 nitrogen and oxygen atoms in total. The predicted molar refractivity (Wildman–Crippen MR) is 114 cm³/mol. The normalized spacial score (nSPS) is 20.2. The Balaban J connectivity index is 1.81. The van der Waals surface area contributed by atoms with Crippen LogP contribution in [0.2, 0.25) is 5.02 Å². The molecule has 150 valence electrons. The minimum Gasteiger partial charge on any atom is -0.444 e. The quantitative estimate of drug-likeness (QED) is 0.709. The number of benzene rings is 2. The van der Waals surface area contributed by atoms with Gasteiger partial charge in [0, 0.05) is 37.6 Å². The van der Waals surface area contributed by atoms with Crippen molar-refractivity contribution in [3.05, 3.63) is 70.7 Å². The number of carbonyl (C=O) groups is 1. The van der Waals surface area contributed by atoms with E-state index in [9.17, 15) is 4.79 Å². The molecule has 1 heterocycles. The number of likely N-dealkylation sites (tertiary alicyclic amines) is 1. The summed E-state index contributed by atoms with van der Waals surface area (Å²) >= 11 is 6.08. The minimum absolute atomic E-state index is 0.0414. The first-order valence-electron chi connectivity index (χ1n) is 9.70. The molecule has 2 atom stereocenters. The van der Waals surface area contributed by atoms with Crippen LogP contribution in [0.25, 0.3) is 0 Å². The van der Waals surface area contributed by atoms with E-state index in [1.165, 1.54) is 11.1 Å². The van der Waals surface area contributed by atoms with E-state index in [1.807, 2.05) is 46.0 Å². The van der Waals surface area contributed by atoms with Crippen LogP contribution in [0.3, 0.4) is 0 Å². The van der Waals surface area contributed by atoms with Crippen LogP contribution in [0.1, 0.15) is 37.8 Å². The first kappa shape index (κ1) is 20.7. The Labute approximate surface area is 173 Å². The first-order chi connectivity index (χ1) is 13.2. The molecule has 1 saturated heterocycles. The van der Waals surface area contributed by atoms with E-state index in [0.29, 0.717) is 0 Å². The van der Waals surface area contributed by atoms with Gasteiger partial charge < -0.3 is 9.64 Å². The molecular formula is C23H29ClN2O2. The summed E-state index contributed by atoms with van der Waals surface area (Å²) in [6.07, 6.45) is -0.280. The summed E-state index contributed by atoms with van der Waals surface area (Å²) in [4.78, 5) is 16.9. The molecule has 0 spiro atoms. The van der Waals surface area contributed by atoms with Crippen molar-refractivity contribution in [2.24, 2.45) is 0 Å². The van der Waals surface area contributed by atoms with Crippen molar-refractivity contribution in [2.75, 3.05) is 20.1 Å². The predicted octanol–water partition coefficient (Wildman–Crippen LogP) is 5.17. The Morgan fingerprint density at radius 3 is 2.36 bits per heavy atom. The van der Waals surface area contributed by atoms with Crippen LogP contribution in [0.15, 0.2) is 54.6 Å². The molecule has 0 unspecified atom stereocenters. The van der Waals surface area contributed by atoms with Gasteiger partial charge in [0.15, 0.2) is 0 Å². The average molecular weight is 401 g/mol. The number of hydrogen-bond acceptors (Lipinski definition) is 3. The van der Waals surface area contributed by atoms with Gasteiger partial charge in [0.1, 0.15) is 5.60 Å². The van der Waals surface area contributed by atoms with Gasteiger partial charge in [-0.05, 0) is 44.0 Å². The van der Waals surface area contributed by atoms with Crippen molar-refractivity contribution in [3.8, 4) is 0 Å². The van der Waals surface area contributed by atoms with Crippen LogP contribution >= 0.6 is 11.6 Å². The minimum atomic E-state index is -0.510. The second-order valence-corrected chi connectivity index (χ2v) is 8.93. The maximum absolute atomic E-state index is 12.7. The number of carbonyl (C=O) groups excluding carboxylic acids is 1. The van der Waals surface area contributed by atoms with E-state index in [4.69, 9.17) is 16.3 Å². The molecule has 5 heteroatoms. The first-order valence-corrected chi connectivity index (χ1v) is 10.1. The van der Waals surface area contributed by atoms with E-state index in [0.717, 1.165) is 24.7 Å². The lowest BCUT2D eigenvalue weighted by atomic mass is 9.93. The number of ether oxygens (including phenoxy) is 1. The maximum Gasteiger partial charge on any atom is 0.410 e. The topological polar surface area (TPSA) is 32.8 Å². The summed E-state index contributed by atoms with van der Waals surface area (Å²) < 4.78 is 5.62. The van der Waals surface area contributed by atoms with Crippen LogP contribution in [0.4, 0.5) is 4.79 Å². The second kappa shape index (κ2) is 8.54. The van der Waals surface area contributed by atoms with Gasteiger partial charge >= 0.3 is 6.09 Å². The van der Waals surface area contributed by atoms with E-state index >= 15 is 0 Å². The fourth-order valence-corrected chi connectivity index (χ4v) is 3.86. The summed E-state index contributed by atoms with van der Waals surface area (Å²) in [5.41, 5.74) is 1.96. The highest BCUT2D eigenvalue weighted by Crippen LogP contribution is 2.33. The van der Waals surface area contributed by atoms with Gasteiger partial charge in [-0.25, -0.2) is 4.79 Å². The molecule has 28 heavy (non-hydrogen) atoms. The molecule has 2 aromatic carbocycles. The number of rotatable bonds is 4. The van der Waals surface area contributed by atoms with Crippen molar-refractivity contribution in [1.29, 1.82) is 0 Å². The van der Waals surface area contributed by atoms with Gasteiger partial charge in [0.25, 0.3) is 0 Å². The van der Waals surface area contributed by atoms with Crippen LogP contribution in [0.5, 0.6) is 0 Å². The number of nitrogens with zero attached hydrogens (tertiary/aromatic N) is 2. The monoisotopic (exact) mass is 400 g/mol. The highest BCUT2D eigenvalue weighted by molar-refractivity contribution is 6.30. The lowest BCUT2D eigenvalue weighted by Crippen LogP contribution is -2.44. The van der Waals surface area contributed by atoms with Crippen LogP contribution in [0, 0.1) is 0 Å². The van der Waals surface area contributed by atoms with Gasteiger partial charge in [-0.15, -0.1) is 0 Å². The van der Waals surface area contributed by atoms with Gasteiger partial charge in [0.05, 0.1) is 6.04 Å². The molecule has 1 aliphatic heterocycles. The summed E-state index contributed by atoms with van der Waals surface area (Å²) in [5, 5.41) is 0.722. The smallest absolute Gasteiger partial charge is 0.410 e. The zero-order chi connectivity index (χ0) is 20.3. The Hall–Kier alpha value is -2.04. The van der Waals surface area contributed by atoms with E-state index in [-0.39, 0.29) is 18.1 Å². The highest BCUT2D eigenvalue weighted by Gasteiger charge is 2.39. The Bertz CT molecular complexity index is 786. The van der Waals surface area contributed by atoms with Crippen molar-refractivity contribution in [1.82, 2.24) is 9.80 Å². The van der Waals surface area contributed by atoms with E-state index in [2.05, 4.69) is 41.3 Å². The second-order valence-electron chi connectivity index (χ2n) is 8.50. The molecule has 1 fully saturated rings. The van der Waals surface area contributed by atoms with E-state index in [1.54, 1.807) is 4.90 Å². The third-order valence-corrected chi connectivity index (χ3v) is 5.34. The summed E-state index contributed by atoms with van der Waals surface area (Å²) in [5.74, 6) is 0.207. The molecular weight excluding hydrogens is 372 g/mol. The van der Waals surface area contributed by atoms with Crippen molar-refractivity contribution in [3.63, 3.8) is 0 Å². The van der Waals surface area contributed by atoms with Crippen LogP contribution in [-0.4, -0.2) is 47.7 Å². The molecule has 0 radical (unpaired) electrons. The Kier molecular flexibility index (Phi) is 6.31. The lowest BCUT2D eigenvalue weighted by Gasteiger charge is -2.31. The number of halogens is 1. The molecule has 1 aliphatic rings. The third kappa shape index (κ3) is 5.27. The zero-order valence-corrected chi connectivity index (χ0v) is 17.8. The molecule has 0 N–H and O–H groups in total. The van der Waals surface area contributed by atoms with Crippen molar-refractivity contribution in [2.45, 2.75) is 44.9 Å². The van der Waals surface area contributed by atoms with Gasteiger partial charge in [-0.2, -0.15) is 0 Å². The van der Waals surface area contributed by atoms with E-state index < -0.39 is 5.60 Å². The Morgan fingerprint density at radius 1 is 1.11 bits per heavy atom. The summed E-state index contributed by atoms with van der Waals surface area (Å²) in [6, 6.07) is 18.4.